The van der Waals surface area contributed by atoms with Gasteiger partial charge in [-0.05, 0) is 11.6 Å². The molecule has 1 saturated heterocycles. The highest BCUT2D eigenvalue weighted by Gasteiger charge is 2.17. The highest BCUT2D eigenvalue weighted by Crippen LogP contribution is 2.18. The van der Waals surface area contributed by atoms with E-state index in [4.69, 9.17) is 0 Å². The number of rotatable bonds is 5. The van der Waals surface area contributed by atoms with Gasteiger partial charge in [0, 0.05) is 68.8 Å². The van der Waals surface area contributed by atoms with E-state index in [1.807, 2.05) is 18.5 Å². The lowest BCUT2D eigenvalue weighted by molar-refractivity contribution is 0.128. The summed E-state index contributed by atoms with van der Waals surface area (Å²) in [7, 11) is 0. The highest BCUT2D eigenvalue weighted by atomic mass is 32.1. The maximum absolute atomic E-state index is 4.58. The van der Waals surface area contributed by atoms with Gasteiger partial charge in [-0.15, -0.1) is 11.3 Å². The molecule has 5 heteroatoms. The van der Waals surface area contributed by atoms with Gasteiger partial charge in [-0.2, -0.15) is 0 Å². The fourth-order valence-corrected chi connectivity index (χ4v) is 3.95. The number of hydrogen-bond donors (Lipinski definition) is 0. The molecular weight excluding hydrogens is 316 g/mol. The molecule has 0 N–H and O–H groups in total. The molecule has 1 aliphatic rings. The van der Waals surface area contributed by atoms with E-state index in [1.165, 1.54) is 16.0 Å². The van der Waals surface area contributed by atoms with Crippen molar-refractivity contribution in [2.75, 3.05) is 32.7 Å². The Labute approximate surface area is 146 Å². The third-order valence-corrected chi connectivity index (χ3v) is 5.54. The minimum atomic E-state index is 0.995. The van der Waals surface area contributed by atoms with Crippen molar-refractivity contribution >= 4 is 22.2 Å². The molecule has 124 valence electrons. The molecule has 0 atom stereocenters. The monoisotopic (exact) mass is 338 g/mol. The molecule has 1 fully saturated rings. The molecule has 4 nitrogen and oxygen atoms in total. The summed E-state index contributed by atoms with van der Waals surface area (Å²) in [6, 6.07) is 10.6. The summed E-state index contributed by atoms with van der Waals surface area (Å²) < 4.78 is 0. The van der Waals surface area contributed by atoms with Gasteiger partial charge >= 0.3 is 0 Å². The maximum Gasteiger partial charge on any atom is 0.0937 e. The Hall–Kier alpha value is -1.82. The summed E-state index contributed by atoms with van der Waals surface area (Å²) in [6.07, 6.45) is 4.86. The van der Waals surface area contributed by atoms with Crippen molar-refractivity contribution in [3.8, 4) is 0 Å². The third kappa shape index (κ3) is 3.64. The van der Waals surface area contributed by atoms with Gasteiger partial charge in [0.1, 0.15) is 0 Å². The van der Waals surface area contributed by atoms with Crippen LogP contribution in [-0.2, 0) is 13.0 Å². The highest BCUT2D eigenvalue weighted by molar-refractivity contribution is 7.09. The summed E-state index contributed by atoms with van der Waals surface area (Å²) >= 11 is 1.76. The second-order valence-electron chi connectivity index (χ2n) is 6.29. The average Bonchev–Trinajstić information content (AvgIpc) is 3.15. The van der Waals surface area contributed by atoms with E-state index in [1.54, 1.807) is 11.3 Å². The Morgan fingerprint density at radius 2 is 1.75 bits per heavy atom. The van der Waals surface area contributed by atoms with Gasteiger partial charge in [0.25, 0.3) is 0 Å². The first-order valence-electron chi connectivity index (χ1n) is 8.54. The first kappa shape index (κ1) is 15.7. The van der Waals surface area contributed by atoms with Crippen LogP contribution in [-0.4, -0.2) is 52.5 Å². The summed E-state index contributed by atoms with van der Waals surface area (Å²) in [5.41, 5.74) is 2.48. The van der Waals surface area contributed by atoms with Crippen LogP contribution in [0.4, 0.5) is 0 Å². The van der Waals surface area contributed by atoms with Crippen molar-refractivity contribution in [1.29, 1.82) is 0 Å². The van der Waals surface area contributed by atoms with E-state index >= 15 is 0 Å². The Morgan fingerprint density at radius 3 is 2.58 bits per heavy atom. The van der Waals surface area contributed by atoms with Crippen molar-refractivity contribution in [2.45, 2.75) is 13.0 Å². The van der Waals surface area contributed by atoms with Gasteiger partial charge in [-0.3, -0.25) is 9.88 Å². The number of fused-ring (bicyclic) bond motifs is 1. The minimum Gasteiger partial charge on any atom is -0.300 e. The van der Waals surface area contributed by atoms with Gasteiger partial charge in [-0.1, -0.05) is 24.3 Å². The lowest BCUT2D eigenvalue weighted by atomic mass is 10.1. The topological polar surface area (TPSA) is 32.3 Å². The first-order valence-corrected chi connectivity index (χ1v) is 9.42. The number of piperazine rings is 1. The van der Waals surface area contributed by atoms with E-state index in [0.717, 1.165) is 51.2 Å². The van der Waals surface area contributed by atoms with Crippen molar-refractivity contribution in [1.82, 2.24) is 19.8 Å². The number of pyridine rings is 1. The van der Waals surface area contributed by atoms with Crippen LogP contribution in [0.5, 0.6) is 0 Å². The molecule has 0 spiro atoms. The molecule has 0 amide bonds. The average molecular weight is 338 g/mol. The second-order valence-corrected chi connectivity index (χ2v) is 7.27. The van der Waals surface area contributed by atoms with E-state index in [0.29, 0.717) is 0 Å². The van der Waals surface area contributed by atoms with Crippen molar-refractivity contribution < 1.29 is 0 Å². The van der Waals surface area contributed by atoms with Gasteiger partial charge in [-0.25, -0.2) is 4.98 Å². The summed E-state index contributed by atoms with van der Waals surface area (Å²) in [5.74, 6) is 0. The van der Waals surface area contributed by atoms with E-state index in [-0.39, 0.29) is 0 Å². The Bertz CT molecular complexity index is 774. The number of para-hydroxylation sites is 1. The quantitative estimate of drug-likeness (QED) is 0.716. The number of aromatic nitrogens is 2. The molecule has 0 saturated carbocycles. The lowest BCUT2D eigenvalue weighted by Crippen LogP contribution is -2.46. The van der Waals surface area contributed by atoms with Crippen LogP contribution in [0.1, 0.15) is 10.6 Å². The Morgan fingerprint density at radius 1 is 0.917 bits per heavy atom. The standard InChI is InChI=1S/C19H22N4S/c1-3-16-5-2-7-21-19(16)17(4-1)15-23-12-10-22(11-13-23)9-6-18-20-8-14-24-18/h1-5,7-8,14H,6,9-13,15H2. The fourth-order valence-electron chi connectivity index (χ4n) is 3.34. The van der Waals surface area contributed by atoms with Crippen LogP contribution >= 0.6 is 11.3 Å². The SMILES string of the molecule is c1cnc2c(CN3CCN(CCc4nccs4)CC3)cccc2c1. The van der Waals surface area contributed by atoms with Crippen molar-refractivity contribution in [3.05, 3.63) is 58.7 Å². The van der Waals surface area contributed by atoms with Crippen LogP contribution < -0.4 is 0 Å². The fraction of sp³-hybridized carbons (Fsp3) is 0.368. The molecule has 1 aliphatic heterocycles. The van der Waals surface area contributed by atoms with Crippen LogP contribution in [0.3, 0.4) is 0 Å². The predicted molar refractivity (Wildman–Crippen MR) is 99.3 cm³/mol. The summed E-state index contributed by atoms with van der Waals surface area (Å²) in [4.78, 5) is 14.1. The molecular formula is C19H22N4S. The summed E-state index contributed by atoms with van der Waals surface area (Å²) in [5, 5.41) is 4.54. The lowest BCUT2D eigenvalue weighted by Gasteiger charge is -2.34. The molecule has 0 unspecified atom stereocenters. The molecule has 24 heavy (non-hydrogen) atoms. The first-order chi connectivity index (χ1) is 11.9. The van der Waals surface area contributed by atoms with E-state index < -0.39 is 0 Å². The van der Waals surface area contributed by atoms with Crippen molar-refractivity contribution in [3.63, 3.8) is 0 Å². The zero-order valence-corrected chi connectivity index (χ0v) is 14.6. The molecule has 0 bridgehead atoms. The molecule has 3 aromatic rings. The van der Waals surface area contributed by atoms with Crippen LogP contribution in [0.25, 0.3) is 10.9 Å². The Kier molecular flexibility index (Phi) is 4.83. The number of hydrogen-bond acceptors (Lipinski definition) is 5. The van der Waals surface area contributed by atoms with Gasteiger partial charge in [0.2, 0.25) is 0 Å². The van der Waals surface area contributed by atoms with Crippen LogP contribution in [0.15, 0.2) is 48.1 Å². The van der Waals surface area contributed by atoms with Gasteiger partial charge in [0.05, 0.1) is 10.5 Å². The van der Waals surface area contributed by atoms with E-state index in [9.17, 15) is 0 Å². The maximum atomic E-state index is 4.58. The molecule has 0 radical (unpaired) electrons. The second kappa shape index (κ2) is 7.38. The molecule has 0 aliphatic carbocycles. The normalized spacial score (nSPS) is 16.7. The number of thiazole rings is 1. The molecule has 1 aromatic carbocycles. The molecule has 3 heterocycles. The van der Waals surface area contributed by atoms with Crippen LogP contribution in [0, 0.1) is 0 Å². The van der Waals surface area contributed by atoms with Gasteiger partial charge in [0.15, 0.2) is 0 Å². The zero-order valence-electron chi connectivity index (χ0n) is 13.8. The third-order valence-electron chi connectivity index (χ3n) is 4.70. The summed E-state index contributed by atoms with van der Waals surface area (Å²) in [6.45, 7) is 6.65. The minimum absolute atomic E-state index is 0.995. The zero-order chi connectivity index (χ0) is 16.2. The number of benzene rings is 1. The number of nitrogens with zero attached hydrogens (tertiary/aromatic N) is 4. The molecule has 2 aromatic heterocycles. The van der Waals surface area contributed by atoms with Crippen molar-refractivity contribution in [2.24, 2.45) is 0 Å². The van der Waals surface area contributed by atoms with Gasteiger partial charge < -0.3 is 4.90 Å². The largest absolute Gasteiger partial charge is 0.300 e. The predicted octanol–water partition coefficient (Wildman–Crippen LogP) is 3.05. The smallest absolute Gasteiger partial charge is 0.0937 e. The van der Waals surface area contributed by atoms with Crippen LogP contribution in [0.2, 0.25) is 0 Å². The Balaban J connectivity index is 1.32. The van der Waals surface area contributed by atoms with E-state index in [2.05, 4.69) is 49.4 Å². The molecule has 4 rings (SSSR count).